The van der Waals surface area contributed by atoms with Crippen LogP contribution in [0.2, 0.25) is 0 Å². The van der Waals surface area contributed by atoms with Crippen molar-refractivity contribution >= 4 is 386 Å². The molecule has 10 rings (SSSR count). The quantitative estimate of drug-likeness (QED) is 0.161. The summed E-state index contributed by atoms with van der Waals surface area (Å²) in [5.74, 6) is 0.810. The van der Waals surface area contributed by atoms with Crippen molar-refractivity contribution in [2.75, 3.05) is 0 Å². The van der Waals surface area contributed by atoms with Crippen molar-refractivity contribution in [1.82, 2.24) is 9.97 Å². The van der Waals surface area contributed by atoms with Crippen LogP contribution in [0, 0.1) is 0 Å². The Balaban J connectivity index is 1.27. The van der Waals surface area contributed by atoms with Crippen molar-refractivity contribution in [2.45, 2.75) is 0 Å². The zero-order valence-corrected chi connectivity index (χ0v) is 50.8. The summed E-state index contributed by atoms with van der Waals surface area (Å²) in [5.41, 5.74) is 47.0. The predicted molar refractivity (Wildman–Crippen MR) is 414 cm³/mol. The Kier molecular flexibility index (Phi) is 13.4. The maximum Gasteiger partial charge on any atom is 0.159 e. The van der Waals surface area contributed by atoms with Crippen LogP contribution in [0.15, 0.2) is 22.6 Å². The van der Waals surface area contributed by atoms with Gasteiger partial charge in [0, 0.05) is 32.0 Å². The largest absolute Gasteiger partial charge is 0.456 e. The summed E-state index contributed by atoms with van der Waals surface area (Å²) in [5, 5.41) is 3.71. The van der Waals surface area contributed by atoms with Gasteiger partial charge in [0.05, 0.1) is 15.9 Å². The van der Waals surface area contributed by atoms with Gasteiger partial charge in [0.15, 0.2) is 5.82 Å². The molecule has 75 heavy (non-hydrogen) atoms. The second-order valence-corrected chi connectivity index (χ2v) is 24.2. The van der Waals surface area contributed by atoms with Crippen LogP contribution in [0.1, 0.15) is 0 Å². The first kappa shape index (κ1) is 53.7. The molecule has 3 heterocycles. The fraction of sp³-hybridized carbons (Fsp3) is 0. The fourth-order valence-electron chi connectivity index (χ4n) is 13.7. The molecule has 7 aromatic carbocycles. The van der Waals surface area contributed by atoms with Crippen molar-refractivity contribution in [3.8, 4) is 56.0 Å². The van der Waals surface area contributed by atoms with Crippen molar-refractivity contribution in [3.05, 3.63) is 18.2 Å². The number of hydrogen-bond acceptors (Lipinski definition) is 4. The molecule has 0 fully saturated rings. The summed E-state index contributed by atoms with van der Waals surface area (Å²) in [7, 11) is 57.4. The lowest BCUT2D eigenvalue weighted by Crippen LogP contribution is -2.55. The van der Waals surface area contributed by atoms with Gasteiger partial charge in [-0.3, -0.25) is 0 Å². The van der Waals surface area contributed by atoms with E-state index < -0.39 is 0 Å². The van der Waals surface area contributed by atoms with Crippen LogP contribution in [-0.2, 0) is 0 Å². The van der Waals surface area contributed by atoms with Gasteiger partial charge in [0.25, 0.3) is 0 Å². The highest BCUT2D eigenvalue weighted by Crippen LogP contribution is 2.40. The average Bonchev–Trinajstić information content (AvgIpc) is 3.97. The number of aromatic nitrogens is 2. The number of furan rings is 1. The van der Waals surface area contributed by atoms with Gasteiger partial charge in [0.2, 0.25) is 0 Å². The second-order valence-electron chi connectivity index (χ2n) is 23.1. The lowest BCUT2D eigenvalue weighted by Gasteiger charge is -2.29. The third-order valence-corrected chi connectivity index (χ3v) is 21.4. The first-order valence-electron chi connectivity index (χ1n) is 27.2. The minimum Gasteiger partial charge on any atom is -0.456 e. The van der Waals surface area contributed by atoms with E-state index >= 15 is 0 Å². The zero-order chi connectivity index (χ0) is 54.8. The molecule has 334 valence electrons. The molecule has 0 aliphatic heterocycles. The van der Waals surface area contributed by atoms with E-state index in [0.29, 0.717) is 0 Å². The SMILES string of the molecule is Bc1c(B)c(B)c(-c2nc(-c3c(B)c(B)c(B)c(B)c3B)c3sc4ccc(-c5c(B)c(B)c(B)c(-c6c(B)c(B)c(B)c(-c7c(B)c(B)c(B)c8c7oc7c(B)c(B)c(B)c(B)c78)c6B)c5B)cc4c3n2)c(B)c1B. The van der Waals surface area contributed by atoms with Gasteiger partial charge in [-0.25, -0.2) is 9.97 Å². The number of rotatable bonds is 5. The summed E-state index contributed by atoms with van der Waals surface area (Å²) in [6.45, 7) is 0. The molecule has 0 saturated carbocycles. The van der Waals surface area contributed by atoms with E-state index in [-0.39, 0.29) is 0 Å². The summed E-state index contributed by atoms with van der Waals surface area (Å²) in [4.78, 5) is 11.4. The van der Waals surface area contributed by atoms with E-state index in [0.717, 1.165) is 38.5 Å². The average molecular weight is 952 g/mol. The van der Waals surface area contributed by atoms with E-state index in [4.69, 9.17) is 14.4 Å². The van der Waals surface area contributed by atoms with Crippen molar-refractivity contribution < 1.29 is 4.42 Å². The summed E-state index contributed by atoms with van der Waals surface area (Å²) in [6, 6.07) is 7.18. The van der Waals surface area contributed by atoms with Gasteiger partial charge >= 0.3 is 0 Å². The molecule has 0 saturated heterocycles. The minimum absolute atomic E-state index is 0.810. The third-order valence-electron chi connectivity index (χ3n) is 20.2. The normalized spacial score (nSPS) is 11.7. The molecular formula is C46H53B25N2OS. The van der Waals surface area contributed by atoms with Gasteiger partial charge in [0.1, 0.15) is 207 Å². The summed E-state index contributed by atoms with van der Waals surface area (Å²) >= 11 is 1.84. The van der Waals surface area contributed by atoms with E-state index in [2.05, 4.69) is 214 Å². The molecule has 29 heteroatoms. The van der Waals surface area contributed by atoms with Crippen molar-refractivity contribution in [3.63, 3.8) is 0 Å². The summed E-state index contributed by atoms with van der Waals surface area (Å²) in [6.07, 6.45) is 0. The molecular weight excluding hydrogens is 899 g/mol. The number of hydrogen-bond donors (Lipinski definition) is 0. The van der Waals surface area contributed by atoms with E-state index in [9.17, 15) is 0 Å². The zero-order valence-electron chi connectivity index (χ0n) is 49.9. The van der Waals surface area contributed by atoms with Crippen LogP contribution in [0.3, 0.4) is 0 Å². The number of thiophene rings is 1. The Morgan fingerprint density at radius 1 is 0.307 bits per heavy atom. The summed E-state index contributed by atoms with van der Waals surface area (Å²) < 4.78 is 9.63. The van der Waals surface area contributed by atoms with Crippen LogP contribution in [0.25, 0.3) is 98.3 Å². The second kappa shape index (κ2) is 18.7. The van der Waals surface area contributed by atoms with Gasteiger partial charge < -0.3 is 4.42 Å². The molecule has 0 amide bonds. The lowest BCUT2D eigenvalue weighted by molar-refractivity contribution is 0.673. The Morgan fingerprint density at radius 3 is 1.19 bits per heavy atom. The highest BCUT2D eigenvalue weighted by molar-refractivity contribution is 7.26. The smallest absolute Gasteiger partial charge is 0.159 e. The molecule has 0 spiro atoms. The van der Waals surface area contributed by atoms with Gasteiger partial charge in [-0.1, -0.05) is 93.5 Å². The number of nitrogens with zero attached hydrogens (tertiary/aromatic N) is 2. The van der Waals surface area contributed by atoms with Gasteiger partial charge in [-0.05, 0) is 45.5 Å². The highest BCUT2D eigenvalue weighted by atomic mass is 32.1. The third kappa shape index (κ3) is 7.51. The van der Waals surface area contributed by atoms with Crippen LogP contribution < -0.4 is 137 Å². The fourth-order valence-corrected chi connectivity index (χ4v) is 14.8. The molecule has 0 aliphatic carbocycles. The van der Waals surface area contributed by atoms with Gasteiger partial charge in [-0.15, -0.1) is 60.5 Å². The van der Waals surface area contributed by atoms with E-state index in [1.807, 2.05) is 11.3 Å². The van der Waals surface area contributed by atoms with Crippen LogP contribution >= 0.6 is 11.3 Å². The highest BCUT2D eigenvalue weighted by Gasteiger charge is 2.29. The first-order chi connectivity index (χ1) is 35.2. The Hall–Kier alpha value is -4.74. The molecule has 0 bridgehead atoms. The van der Waals surface area contributed by atoms with E-state index in [1.165, 1.54) is 196 Å². The number of benzene rings is 7. The first-order valence-corrected chi connectivity index (χ1v) is 28.0. The van der Waals surface area contributed by atoms with Crippen LogP contribution in [0.5, 0.6) is 0 Å². The van der Waals surface area contributed by atoms with Crippen LogP contribution in [-0.4, -0.2) is 206 Å². The minimum atomic E-state index is 0.810. The maximum atomic E-state index is 7.26. The molecule has 0 N–H and O–H groups in total. The molecule has 3 nitrogen and oxygen atoms in total. The standard InChI is InChI=1S/C46H53B25N2OS/c47-16-7(4-1-2-6-5(3-4)41-45(75-6)42(14-25(56)33(64)37(68)34(65)26(14)57)73-46(72-41)15-27(58)35(66)38(69)36(67)28(15)59)18(49)29(60)19(50)8(16)9-17(48)10(21(52)30(61)20(9)51)11-22(53)31(62)23(54)12-13-24(55)32(63)39(70)40(71)44(13)74-43(11)12/h1-3H,47-71H2. The molecule has 3 aromatic heterocycles. The van der Waals surface area contributed by atoms with Crippen molar-refractivity contribution in [1.29, 1.82) is 0 Å². The Labute approximate surface area is 471 Å². The molecule has 0 aliphatic rings. The van der Waals surface area contributed by atoms with E-state index in [1.54, 1.807) is 0 Å². The Bertz CT molecular complexity index is 4260. The molecule has 10 aromatic rings. The van der Waals surface area contributed by atoms with Crippen molar-refractivity contribution in [2.24, 2.45) is 0 Å². The predicted octanol–water partition coefficient (Wildman–Crippen LogP) is -30.5. The van der Waals surface area contributed by atoms with Crippen LogP contribution in [0.4, 0.5) is 0 Å². The Morgan fingerprint density at radius 2 is 0.667 bits per heavy atom. The monoisotopic (exact) mass is 957 g/mol. The molecule has 0 atom stereocenters. The topological polar surface area (TPSA) is 38.9 Å². The molecule has 0 unspecified atom stereocenters. The maximum absolute atomic E-state index is 7.26. The number of fused-ring (bicyclic) bond motifs is 6. The van der Waals surface area contributed by atoms with Gasteiger partial charge in [-0.2, -0.15) is 0 Å². The lowest BCUT2D eigenvalue weighted by atomic mass is 9.56. The molecule has 0 radical (unpaired) electrons.